The monoisotopic (exact) mass is 315 g/mol. The second kappa shape index (κ2) is 6.03. The van der Waals surface area contributed by atoms with Gasteiger partial charge in [-0.2, -0.15) is 0 Å². The molecule has 0 spiro atoms. The first kappa shape index (κ1) is 14.7. The van der Waals surface area contributed by atoms with E-state index in [1.165, 1.54) is 25.1 Å². The molecule has 0 saturated carbocycles. The fourth-order valence-corrected chi connectivity index (χ4v) is 4.44. The first-order valence-corrected chi connectivity index (χ1v) is 8.62. The maximum atomic E-state index is 11.2. The summed E-state index contributed by atoms with van der Waals surface area (Å²) in [7, 11) is -1.73. The highest BCUT2D eigenvalue weighted by molar-refractivity contribution is 8.02. The van der Waals surface area contributed by atoms with Crippen LogP contribution in [0.2, 0.25) is 5.15 Å². The van der Waals surface area contributed by atoms with Gasteiger partial charge in [-0.15, -0.1) is 0 Å². The molecule has 0 bridgehead atoms. The molecule has 1 aromatic heterocycles. The van der Waals surface area contributed by atoms with Gasteiger partial charge >= 0.3 is 5.97 Å². The summed E-state index contributed by atoms with van der Waals surface area (Å²) in [6, 6.07) is 0. The van der Waals surface area contributed by atoms with Crippen LogP contribution in [0.5, 0.6) is 0 Å². The summed E-state index contributed by atoms with van der Waals surface area (Å²) in [5.74, 6) is -0.103. The van der Waals surface area contributed by atoms with Gasteiger partial charge in [0.25, 0.3) is 0 Å². The third kappa shape index (κ3) is 4.82. The van der Waals surface area contributed by atoms with Gasteiger partial charge < -0.3 is 4.74 Å². The number of nitrogens with zero attached hydrogens (tertiary/aromatic N) is 1. The molecule has 0 atom stereocenters. The standard InChI is InChI=1S/C8H10ClNO4S3/c1-14-7(11)5-6(9)10-8(16-5)15-3-4-17(2,12)13/h3-4H2,1-2H3. The van der Waals surface area contributed by atoms with Crippen molar-refractivity contribution in [3.8, 4) is 0 Å². The minimum atomic E-state index is -2.99. The summed E-state index contributed by atoms with van der Waals surface area (Å²) in [6.07, 6.45) is 1.17. The van der Waals surface area contributed by atoms with E-state index in [2.05, 4.69) is 9.72 Å². The number of hydrogen-bond donors (Lipinski definition) is 0. The lowest BCUT2D eigenvalue weighted by Crippen LogP contribution is -2.04. The average Bonchev–Trinajstić information content (AvgIpc) is 2.57. The number of sulfone groups is 1. The number of rotatable bonds is 5. The maximum Gasteiger partial charge on any atom is 0.351 e. The predicted octanol–water partition coefficient (Wildman–Crippen LogP) is 1.72. The molecule has 0 radical (unpaired) electrons. The Morgan fingerprint density at radius 3 is 2.76 bits per heavy atom. The summed E-state index contributed by atoms with van der Waals surface area (Å²) in [5, 5.41) is 0.0868. The third-order valence-corrected chi connectivity index (χ3v) is 5.39. The lowest BCUT2D eigenvalue weighted by atomic mass is 10.6. The van der Waals surface area contributed by atoms with Crippen LogP contribution in [0, 0.1) is 0 Å². The molecule has 0 amide bonds. The molecule has 0 fully saturated rings. The van der Waals surface area contributed by atoms with Crippen LogP contribution in [0.3, 0.4) is 0 Å². The number of halogens is 1. The predicted molar refractivity (Wildman–Crippen MR) is 68.9 cm³/mol. The van der Waals surface area contributed by atoms with Gasteiger partial charge in [-0.05, 0) is 0 Å². The van der Waals surface area contributed by atoms with Crippen LogP contribution >= 0.6 is 34.7 Å². The van der Waals surface area contributed by atoms with Gasteiger partial charge in [0, 0.05) is 12.0 Å². The smallest absolute Gasteiger partial charge is 0.351 e. The average molecular weight is 316 g/mol. The lowest BCUT2D eigenvalue weighted by Gasteiger charge is -1.95. The number of carbonyl (C=O) groups excluding carboxylic acids is 1. The summed E-state index contributed by atoms with van der Waals surface area (Å²) in [6.45, 7) is 0. The van der Waals surface area contributed by atoms with Crippen LogP contribution in [0.15, 0.2) is 4.34 Å². The van der Waals surface area contributed by atoms with Crippen LogP contribution in [0.1, 0.15) is 9.67 Å². The largest absolute Gasteiger partial charge is 0.465 e. The van der Waals surface area contributed by atoms with Gasteiger partial charge in [-0.25, -0.2) is 18.2 Å². The van der Waals surface area contributed by atoms with Crippen LogP contribution in [-0.2, 0) is 14.6 Å². The fraction of sp³-hybridized carbons (Fsp3) is 0.500. The highest BCUT2D eigenvalue weighted by Gasteiger charge is 2.17. The minimum Gasteiger partial charge on any atom is -0.465 e. The molecule has 0 aliphatic rings. The number of hydrogen-bond acceptors (Lipinski definition) is 7. The van der Waals surface area contributed by atoms with E-state index in [0.717, 1.165) is 11.3 Å². The second-order valence-corrected chi connectivity index (χ2v) is 8.03. The Morgan fingerprint density at radius 2 is 2.24 bits per heavy atom. The molecule has 1 aromatic rings. The molecule has 0 aromatic carbocycles. The van der Waals surface area contributed by atoms with Crippen molar-refractivity contribution in [2.24, 2.45) is 0 Å². The summed E-state index contributed by atoms with van der Waals surface area (Å²) in [4.78, 5) is 15.4. The Kier molecular flexibility index (Phi) is 5.23. The number of esters is 1. The van der Waals surface area contributed by atoms with Gasteiger partial charge in [0.05, 0.1) is 12.9 Å². The Bertz CT molecular complexity index is 511. The van der Waals surface area contributed by atoms with Gasteiger partial charge in [0.15, 0.2) is 14.4 Å². The van der Waals surface area contributed by atoms with Crippen molar-refractivity contribution in [2.75, 3.05) is 24.9 Å². The van der Waals surface area contributed by atoms with Crippen molar-refractivity contribution in [3.05, 3.63) is 10.0 Å². The van der Waals surface area contributed by atoms with Crippen LogP contribution in [0.4, 0.5) is 0 Å². The van der Waals surface area contributed by atoms with E-state index >= 15 is 0 Å². The van der Waals surface area contributed by atoms with Crippen LogP contribution < -0.4 is 0 Å². The number of aromatic nitrogens is 1. The van der Waals surface area contributed by atoms with E-state index in [9.17, 15) is 13.2 Å². The second-order valence-electron chi connectivity index (χ2n) is 3.07. The first-order chi connectivity index (χ1) is 7.83. The van der Waals surface area contributed by atoms with Crippen molar-refractivity contribution in [3.63, 3.8) is 0 Å². The van der Waals surface area contributed by atoms with Crippen molar-refractivity contribution in [1.29, 1.82) is 0 Å². The molecule has 0 saturated heterocycles. The Morgan fingerprint density at radius 1 is 1.59 bits per heavy atom. The van der Waals surface area contributed by atoms with Gasteiger partial charge in [0.1, 0.15) is 9.84 Å². The third-order valence-electron chi connectivity index (χ3n) is 1.62. The molecule has 0 aliphatic heterocycles. The number of carbonyl (C=O) groups is 1. The number of ether oxygens (including phenoxy) is 1. The molecule has 1 heterocycles. The molecule has 96 valence electrons. The van der Waals surface area contributed by atoms with Crippen molar-refractivity contribution in [1.82, 2.24) is 4.98 Å². The SMILES string of the molecule is COC(=O)c1sc(SCCS(C)(=O)=O)nc1Cl. The van der Waals surface area contributed by atoms with Gasteiger partial charge in [0.2, 0.25) is 0 Å². The molecular formula is C8H10ClNO4S3. The van der Waals surface area contributed by atoms with Crippen molar-refractivity contribution in [2.45, 2.75) is 4.34 Å². The van der Waals surface area contributed by atoms with Gasteiger partial charge in [-0.3, -0.25) is 0 Å². The zero-order valence-corrected chi connectivity index (χ0v) is 12.3. The van der Waals surface area contributed by atoms with Crippen LogP contribution in [0.25, 0.3) is 0 Å². The fourth-order valence-electron chi connectivity index (χ4n) is 0.844. The minimum absolute atomic E-state index is 0.0580. The molecule has 0 unspecified atom stereocenters. The molecular weight excluding hydrogens is 306 g/mol. The molecule has 0 N–H and O–H groups in total. The van der Waals surface area contributed by atoms with Crippen molar-refractivity contribution < 1.29 is 17.9 Å². The Hall–Kier alpha value is -0.310. The zero-order valence-electron chi connectivity index (χ0n) is 9.10. The summed E-state index contributed by atoms with van der Waals surface area (Å²) >= 11 is 8.09. The molecule has 0 aliphatic carbocycles. The normalized spacial score (nSPS) is 11.5. The van der Waals surface area contributed by atoms with E-state index in [0.29, 0.717) is 10.1 Å². The number of methoxy groups -OCH3 is 1. The molecule has 9 heteroatoms. The highest BCUT2D eigenvalue weighted by atomic mass is 35.5. The van der Waals surface area contributed by atoms with E-state index in [4.69, 9.17) is 11.6 Å². The van der Waals surface area contributed by atoms with E-state index < -0.39 is 15.8 Å². The first-order valence-electron chi connectivity index (χ1n) is 4.38. The topological polar surface area (TPSA) is 73.3 Å². The van der Waals surface area contributed by atoms with E-state index in [1.807, 2.05) is 0 Å². The van der Waals surface area contributed by atoms with Crippen LogP contribution in [-0.4, -0.2) is 44.2 Å². The van der Waals surface area contributed by atoms with Gasteiger partial charge in [-0.1, -0.05) is 34.7 Å². The van der Waals surface area contributed by atoms with E-state index in [-0.39, 0.29) is 15.8 Å². The quantitative estimate of drug-likeness (QED) is 0.608. The van der Waals surface area contributed by atoms with E-state index in [1.54, 1.807) is 0 Å². The number of thiazole rings is 1. The Labute approximate surface area is 112 Å². The summed E-state index contributed by atoms with van der Waals surface area (Å²) in [5.41, 5.74) is 0. The molecule has 5 nitrogen and oxygen atoms in total. The zero-order chi connectivity index (χ0) is 13.1. The molecule has 1 rings (SSSR count). The molecule has 17 heavy (non-hydrogen) atoms. The summed E-state index contributed by atoms with van der Waals surface area (Å²) < 4.78 is 26.9. The highest BCUT2D eigenvalue weighted by Crippen LogP contribution is 2.30. The maximum absolute atomic E-state index is 11.2. The number of thioether (sulfide) groups is 1. The lowest BCUT2D eigenvalue weighted by molar-refractivity contribution is 0.0606. The van der Waals surface area contributed by atoms with Crippen molar-refractivity contribution >= 4 is 50.5 Å². The Balaban J connectivity index is 2.65.